The highest BCUT2D eigenvalue weighted by Gasteiger charge is 2.44. The van der Waals surface area contributed by atoms with Gasteiger partial charge in [0.1, 0.15) is 5.75 Å². The number of benzene rings is 1. The van der Waals surface area contributed by atoms with Crippen LogP contribution in [-0.2, 0) is 4.79 Å². The van der Waals surface area contributed by atoms with Gasteiger partial charge in [0.05, 0.1) is 11.8 Å². The summed E-state index contributed by atoms with van der Waals surface area (Å²) < 4.78 is 5.88. The fraction of sp³-hybridized carbons (Fsp3) is 0.611. The maximum atomic E-state index is 10.8. The maximum absolute atomic E-state index is 10.8. The number of likely N-dealkylation sites (tertiary alicyclic amines) is 1. The molecule has 0 aliphatic carbocycles. The van der Waals surface area contributed by atoms with Crippen LogP contribution < -0.4 is 15.0 Å². The molecule has 1 aromatic carbocycles. The lowest BCUT2D eigenvalue weighted by Crippen LogP contribution is -2.43. The van der Waals surface area contributed by atoms with Crippen LogP contribution in [0.2, 0.25) is 0 Å². The zero-order valence-electron chi connectivity index (χ0n) is 14.3. The standard InChI is InChI=1S/C18H27N3O2/c1-14(2)23-17-11-15(5-6-16(17)19-13-22)21-10-8-18(12-21)7-4-9-20(18)3/h5-6,11,13-14H,4,7-10,12H2,1-3H3,(H,19,22)/t18-/m1/s1. The van der Waals surface area contributed by atoms with E-state index >= 15 is 0 Å². The number of nitrogens with zero attached hydrogens (tertiary/aromatic N) is 2. The van der Waals surface area contributed by atoms with Crippen molar-refractivity contribution in [2.45, 2.75) is 44.8 Å². The number of ether oxygens (including phenoxy) is 1. The van der Waals surface area contributed by atoms with Crippen LogP contribution in [0.1, 0.15) is 33.1 Å². The molecule has 0 unspecified atom stereocenters. The number of hydrogen-bond donors (Lipinski definition) is 1. The fourth-order valence-corrected chi connectivity index (χ4v) is 3.91. The number of rotatable bonds is 5. The van der Waals surface area contributed by atoms with Crippen molar-refractivity contribution in [3.8, 4) is 5.75 Å². The molecule has 2 aliphatic rings. The van der Waals surface area contributed by atoms with Crippen LogP contribution in [0.3, 0.4) is 0 Å². The number of carbonyl (C=O) groups excluding carboxylic acids is 1. The van der Waals surface area contributed by atoms with E-state index in [1.807, 2.05) is 19.9 Å². The summed E-state index contributed by atoms with van der Waals surface area (Å²) in [6.07, 6.45) is 4.58. The summed E-state index contributed by atoms with van der Waals surface area (Å²) in [5.74, 6) is 0.741. The first-order valence-corrected chi connectivity index (χ1v) is 8.51. The average Bonchev–Trinajstić information content (AvgIpc) is 3.09. The van der Waals surface area contributed by atoms with Crippen molar-refractivity contribution in [3.05, 3.63) is 18.2 Å². The lowest BCUT2D eigenvalue weighted by atomic mass is 9.96. The molecular weight excluding hydrogens is 290 g/mol. The number of amides is 1. The summed E-state index contributed by atoms with van der Waals surface area (Å²) in [4.78, 5) is 15.7. The van der Waals surface area contributed by atoms with Crippen LogP contribution in [0.15, 0.2) is 18.2 Å². The Morgan fingerprint density at radius 1 is 1.30 bits per heavy atom. The molecule has 2 saturated heterocycles. The van der Waals surface area contributed by atoms with E-state index in [1.54, 1.807) is 0 Å². The first-order valence-electron chi connectivity index (χ1n) is 8.51. The van der Waals surface area contributed by atoms with Gasteiger partial charge in [-0.25, -0.2) is 0 Å². The second-order valence-corrected chi connectivity index (χ2v) is 7.03. The average molecular weight is 317 g/mol. The lowest BCUT2D eigenvalue weighted by molar-refractivity contribution is -0.105. The lowest BCUT2D eigenvalue weighted by Gasteiger charge is -2.32. The SMILES string of the molecule is CC(C)Oc1cc(N2CC[C@]3(CCCN3C)C2)ccc1NC=O. The molecule has 5 nitrogen and oxygen atoms in total. The topological polar surface area (TPSA) is 44.8 Å². The zero-order valence-corrected chi connectivity index (χ0v) is 14.3. The largest absolute Gasteiger partial charge is 0.489 e. The van der Waals surface area contributed by atoms with Gasteiger partial charge in [-0.3, -0.25) is 9.69 Å². The van der Waals surface area contributed by atoms with Crippen molar-refractivity contribution in [2.75, 3.05) is 36.9 Å². The minimum atomic E-state index is 0.0725. The third kappa shape index (κ3) is 3.15. The number of anilines is 2. The van der Waals surface area contributed by atoms with E-state index in [-0.39, 0.29) is 6.10 Å². The Kier molecular flexibility index (Phi) is 4.48. The molecule has 2 heterocycles. The summed E-state index contributed by atoms with van der Waals surface area (Å²) >= 11 is 0. The van der Waals surface area contributed by atoms with E-state index in [1.165, 1.54) is 31.5 Å². The predicted octanol–water partition coefficient (Wildman–Crippen LogP) is 2.72. The number of carbonyl (C=O) groups is 1. The Morgan fingerprint density at radius 3 is 2.78 bits per heavy atom. The molecule has 5 heteroatoms. The minimum absolute atomic E-state index is 0.0725. The highest BCUT2D eigenvalue weighted by atomic mass is 16.5. The van der Waals surface area contributed by atoms with Crippen LogP contribution in [-0.4, -0.2) is 49.6 Å². The molecule has 126 valence electrons. The van der Waals surface area contributed by atoms with Gasteiger partial charge in [-0.05, 0) is 58.8 Å². The van der Waals surface area contributed by atoms with E-state index in [9.17, 15) is 4.79 Å². The summed E-state index contributed by atoms with van der Waals surface area (Å²) in [6.45, 7) is 7.35. The van der Waals surface area contributed by atoms with Crippen LogP contribution >= 0.6 is 0 Å². The van der Waals surface area contributed by atoms with Gasteiger partial charge in [-0.2, -0.15) is 0 Å². The van der Waals surface area contributed by atoms with Crippen LogP contribution in [0.4, 0.5) is 11.4 Å². The Labute approximate surface area is 138 Å². The Bertz CT molecular complexity index is 575. The van der Waals surface area contributed by atoms with Crippen molar-refractivity contribution in [1.82, 2.24) is 4.90 Å². The van der Waals surface area contributed by atoms with Gasteiger partial charge in [0.15, 0.2) is 0 Å². The summed E-state index contributed by atoms with van der Waals surface area (Å²) in [5, 5.41) is 2.72. The minimum Gasteiger partial charge on any atom is -0.489 e. The van der Waals surface area contributed by atoms with Gasteiger partial charge in [0.25, 0.3) is 0 Å². The molecule has 0 radical (unpaired) electrons. The second-order valence-electron chi connectivity index (χ2n) is 7.03. The van der Waals surface area contributed by atoms with Gasteiger partial charge in [-0.15, -0.1) is 0 Å². The van der Waals surface area contributed by atoms with Crippen LogP contribution in [0, 0.1) is 0 Å². The molecule has 1 amide bonds. The first-order chi connectivity index (χ1) is 11.0. The molecule has 1 N–H and O–H groups in total. The molecule has 3 rings (SSSR count). The third-order valence-corrected chi connectivity index (χ3v) is 5.19. The first kappa shape index (κ1) is 16.1. The van der Waals surface area contributed by atoms with Crippen molar-refractivity contribution in [1.29, 1.82) is 0 Å². The Hall–Kier alpha value is -1.75. The van der Waals surface area contributed by atoms with Gasteiger partial charge < -0.3 is 15.0 Å². The van der Waals surface area contributed by atoms with Gasteiger partial charge in [0.2, 0.25) is 6.41 Å². The van der Waals surface area contributed by atoms with Gasteiger partial charge in [-0.1, -0.05) is 0 Å². The van der Waals surface area contributed by atoms with Crippen LogP contribution in [0.25, 0.3) is 0 Å². The highest BCUT2D eigenvalue weighted by molar-refractivity contribution is 5.77. The number of likely N-dealkylation sites (N-methyl/N-ethyl adjacent to an activating group) is 1. The molecule has 0 saturated carbocycles. The second kappa shape index (κ2) is 6.40. The summed E-state index contributed by atoms with van der Waals surface area (Å²) in [7, 11) is 2.25. The van der Waals surface area contributed by atoms with E-state index in [0.717, 1.165) is 24.5 Å². The third-order valence-electron chi connectivity index (χ3n) is 5.19. The van der Waals surface area contributed by atoms with E-state index in [4.69, 9.17) is 4.74 Å². The van der Waals surface area contributed by atoms with E-state index in [2.05, 4.69) is 34.3 Å². The highest BCUT2D eigenvalue weighted by Crippen LogP contribution is 2.40. The molecule has 0 aromatic heterocycles. The molecular formula is C18H27N3O2. The number of nitrogens with one attached hydrogen (secondary N) is 1. The molecule has 2 aliphatic heterocycles. The van der Waals surface area contributed by atoms with Crippen LogP contribution in [0.5, 0.6) is 5.75 Å². The van der Waals surface area contributed by atoms with E-state index in [0.29, 0.717) is 11.9 Å². The fourth-order valence-electron chi connectivity index (χ4n) is 3.91. The van der Waals surface area contributed by atoms with Crippen molar-refractivity contribution < 1.29 is 9.53 Å². The molecule has 0 bridgehead atoms. The summed E-state index contributed by atoms with van der Waals surface area (Å²) in [6, 6.07) is 6.07. The molecule has 1 aromatic rings. The number of hydrogen-bond acceptors (Lipinski definition) is 4. The quantitative estimate of drug-likeness (QED) is 0.848. The van der Waals surface area contributed by atoms with Gasteiger partial charge in [0, 0.05) is 30.4 Å². The molecule has 1 spiro atoms. The Balaban J connectivity index is 1.81. The zero-order chi connectivity index (χ0) is 16.4. The van der Waals surface area contributed by atoms with Crippen molar-refractivity contribution in [3.63, 3.8) is 0 Å². The smallest absolute Gasteiger partial charge is 0.211 e. The monoisotopic (exact) mass is 317 g/mol. The normalized spacial score (nSPS) is 24.6. The van der Waals surface area contributed by atoms with Crippen molar-refractivity contribution in [2.24, 2.45) is 0 Å². The maximum Gasteiger partial charge on any atom is 0.211 e. The predicted molar refractivity (Wildman–Crippen MR) is 93.3 cm³/mol. The van der Waals surface area contributed by atoms with Crippen molar-refractivity contribution >= 4 is 17.8 Å². The molecule has 2 fully saturated rings. The van der Waals surface area contributed by atoms with Gasteiger partial charge >= 0.3 is 0 Å². The Morgan fingerprint density at radius 2 is 2.13 bits per heavy atom. The van der Waals surface area contributed by atoms with E-state index < -0.39 is 0 Å². The summed E-state index contributed by atoms with van der Waals surface area (Å²) in [5.41, 5.74) is 2.25. The molecule has 23 heavy (non-hydrogen) atoms. The molecule has 1 atom stereocenters.